The van der Waals surface area contributed by atoms with Gasteiger partial charge in [0.15, 0.2) is 0 Å². The van der Waals surface area contributed by atoms with Crippen LogP contribution in [0.1, 0.15) is 30.3 Å². The van der Waals surface area contributed by atoms with E-state index in [1.54, 1.807) is 25.1 Å². The largest absolute Gasteiger partial charge is 0.324 e. The Kier molecular flexibility index (Phi) is 3.66. The number of nitrogens with zero attached hydrogens (tertiary/aromatic N) is 2. The lowest BCUT2D eigenvalue weighted by Gasteiger charge is -2.11. The van der Waals surface area contributed by atoms with E-state index in [0.29, 0.717) is 10.9 Å². The average Bonchev–Trinajstić information content (AvgIpc) is 3.33. The fourth-order valence-electron chi connectivity index (χ4n) is 3.05. The highest BCUT2D eigenvalue weighted by atomic mass is 32.2. The summed E-state index contributed by atoms with van der Waals surface area (Å²) in [5.41, 5.74) is 2.72. The smallest absolute Gasteiger partial charge is 0.241 e. The van der Waals surface area contributed by atoms with Crippen molar-refractivity contribution >= 4 is 21.1 Å². The highest BCUT2D eigenvalue weighted by Gasteiger charge is 2.28. The van der Waals surface area contributed by atoms with E-state index in [4.69, 9.17) is 0 Å². The second kappa shape index (κ2) is 5.72. The summed E-state index contributed by atoms with van der Waals surface area (Å²) in [5, 5.41) is 0. The standard InChI is InChI=1S/C18H19N3O2S/c1-13-6-2-5-9-17(13)24(22,23)19-12-18-20-15-7-3-4-8-16(15)21(18)14-10-11-14/h2-9,14,19H,10-12H2,1H3. The second-order valence-electron chi connectivity index (χ2n) is 6.21. The van der Waals surface area contributed by atoms with E-state index in [0.717, 1.165) is 35.3 Å². The molecule has 0 spiro atoms. The Morgan fingerprint density at radius 3 is 2.58 bits per heavy atom. The molecule has 24 heavy (non-hydrogen) atoms. The number of sulfonamides is 1. The van der Waals surface area contributed by atoms with E-state index in [-0.39, 0.29) is 6.54 Å². The third-order valence-corrected chi connectivity index (χ3v) is 5.95. The van der Waals surface area contributed by atoms with E-state index >= 15 is 0 Å². The van der Waals surface area contributed by atoms with Crippen LogP contribution in [0.25, 0.3) is 11.0 Å². The molecule has 6 heteroatoms. The number of aromatic nitrogens is 2. The van der Waals surface area contributed by atoms with Crippen molar-refractivity contribution in [2.24, 2.45) is 0 Å². The van der Waals surface area contributed by atoms with Gasteiger partial charge in [0.2, 0.25) is 10.0 Å². The molecule has 1 aliphatic carbocycles. The summed E-state index contributed by atoms with van der Waals surface area (Å²) in [7, 11) is -3.55. The first kappa shape index (κ1) is 15.4. The number of rotatable bonds is 5. The van der Waals surface area contributed by atoms with Gasteiger partial charge >= 0.3 is 0 Å². The van der Waals surface area contributed by atoms with Gasteiger partial charge in [-0.2, -0.15) is 0 Å². The maximum absolute atomic E-state index is 12.6. The molecule has 0 unspecified atom stereocenters. The Labute approximate surface area is 141 Å². The molecular formula is C18H19N3O2S. The first-order valence-corrected chi connectivity index (χ1v) is 9.56. The summed E-state index contributed by atoms with van der Waals surface area (Å²) in [4.78, 5) is 4.95. The molecule has 1 heterocycles. The molecule has 0 saturated heterocycles. The predicted octanol–water partition coefficient (Wildman–Crippen LogP) is 3.16. The molecule has 1 aliphatic rings. The number of aryl methyl sites for hydroxylation is 1. The zero-order chi connectivity index (χ0) is 16.7. The van der Waals surface area contributed by atoms with Gasteiger partial charge in [0.1, 0.15) is 5.82 Å². The van der Waals surface area contributed by atoms with Crippen LogP contribution >= 0.6 is 0 Å². The van der Waals surface area contributed by atoms with Gasteiger partial charge in [0.05, 0.1) is 22.5 Å². The maximum Gasteiger partial charge on any atom is 0.241 e. The van der Waals surface area contributed by atoms with Crippen LogP contribution in [0, 0.1) is 6.92 Å². The quantitative estimate of drug-likeness (QED) is 0.775. The average molecular weight is 341 g/mol. The molecule has 0 bridgehead atoms. The number of imidazole rings is 1. The zero-order valence-electron chi connectivity index (χ0n) is 13.4. The molecule has 2 aromatic carbocycles. The van der Waals surface area contributed by atoms with E-state index in [9.17, 15) is 8.42 Å². The Bertz CT molecular complexity index is 1000. The highest BCUT2D eigenvalue weighted by Crippen LogP contribution is 2.38. The Morgan fingerprint density at radius 1 is 1.12 bits per heavy atom. The molecule has 0 atom stereocenters. The first-order valence-electron chi connectivity index (χ1n) is 8.07. The number of para-hydroxylation sites is 2. The van der Waals surface area contributed by atoms with E-state index < -0.39 is 10.0 Å². The molecule has 0 amide bonds. The summed E-state index contributed by atoms with van der Waals surface area (Å²) in [6, 6.07) is 15.4. The summed E-state index contributed by atoms with van der Waals surface area (Å²) in [5.74, 6) is 0.774. The van der Waals surface area contributed by atoms with Crippen LogP contribution in [0.4, 0.5) is 0 Å². The van der Waals surface area contributed by atoms with Gasteiger partial charge in [-0.1, -0.05) is 30.3 Å². The van der Waals surface area contributed by atoms with Crippen LogP contribution in [0.15, 0.2) is 53.4 Å². The molecule has 3 aromatic rings. The summed E-state index contributed by atoms with van der Waals surface area (Å²) in [6.45, 7) is 2.00. The molecular weight excluding hydrogens is 322 g/mol. The second-order valence-corrected chi connectivity index (χ2v) is 7.94. The fourth-order valence-corrected chi connectivity index (χ4v) is 4.28. The molecule has 1 aromatic heterocycles. The third-order valence-electron chi connectivity index (χ3n) is 4.38. The lowest BCUT2D eigenvalue weighted by Crippen LogP contribution is -2.25. The van der Waals surface area contributed by atoms with Crippen molar-refractivity contribution in [3.05, 3.63) is 59.9 Å². The number of benzene rings is 2. The molecule has 1 N–H and O–H groups in total. The minimum atomic E-state index is -3.55. The fraction of sp³-hybridized carbons (Fsp3) is 0.278. The minimum Gasteiger partial charge on any atom is -0.324 e. The van der Waals surface area contributed by atoms with Crippen molar-refractivity contribution in [3.8, 4) is 0 Å². The summed E-state index contributed by atoms with van der Waals surface area (Å²) >= 11 is 0. The third kappa shape index (κ3) is 2.72. The summed E-state index contributed by atoms with van der Waals surface area (Å²) in [6.07, 6.45) is 2.25. The van der Waals surface area contributed by atoms with Gasteiger partial charge < -0.3 is 4.57 Å². The van der Waals surface area contributed by atoms with E-state index in [2.05, 4.69) is 14.3 Å². The van der Waals surface area contributed by atoms with E-state index in [1.165, 1.54) is 0 Å². The maximum atomic E-state index is 12.6. The molecule has 5 nitrogen and oxygen atoms in total. The normalized spacial score (nSPS) is 15.0. The van der Waals surface area contributed by atoms with Crippen LogP contribution in [-0.2, 0) is 16.6 Å². The van der Waals surface area contributed by atoms with Gasteiger partial charge in [-0.3, -0.25) is 0 Å². The molecule has 1 fully saturated rings. The van der Waals surface area contributed by atoms with Crippen LogP contribution in [0.2, 0.25) is 0 Å². The predicted molar refractivity (Wildman–Crippen MR) is 93.2 cm³/mol. The van der Waals surface area contributed by atoms with Gasteiger partial charge in [-0.15, -0.1) is 0 Å². The van der Waals surface area contributed by atoms with Crippen molar-refractivity contribution in [3.63, 3.8) is 0 Å². The number of fused-ring (bicyclic) bond motifs is 1. The van der Waals surface area contributed by atoms with Crippen LogP contribution in [0.3, 0.4) is 0 Å². The number of hydrogen-bond acceptors (Lipinski definition) is 3. The minimum absolute atomic E-state index is 0.196. The van der Waals surface area contributed by atoms with Gasteiger partial charge in [0, 0.05) is 6.04 Å². The zero-order valence-corrected chi connectivity index (χ0v) is 14.3. The topological polar surface area (TPSA) is 64.0 Å². The molecule has 124 valence electrons. The van der Waals surface area contributed by atoms with Crippen molar-refractivity contribution < 1.29 is 8.42 Å². The molecule has 1 saturated carbocycles. The van der Waals surface area contributed by atoms with Crippen molar-refractivity contribution in [2.45, 2.75) is 37.2 Å². The first-order chi connectivity index (χ1) is 11.6. The van der Waals surface area contributed by atoms with Crippen LogP contribution in [-0.4, -0.2) is 18.0 Å². The van der Waals surface area contributed by atoms with Crippen molar-refractivity contribution in [2.75, 3.05) is 0 Å². The van der Waals surface area contributed by atoms with Crippen molar-refractivity contribution in [1.29, 1.82) is 0 Å². The number of hydrogen-bond donors (Lipinski definition) is 1. The van der Waals surface area contributed by atoms with Crippen LogP contribution in [0.5, 0.6) is 0 Å². The lowest BCUT2D eigenvalue weighted by atomic mass is 10.2. The SMILES string of the molecule is Cc1ccccc1S(=O)(=O)NCc1nc2ccccc2n1C1CC1. The van der Waals surface area contributed by atoms with Gasteiger partial charge in [-0.05, 0) is 43.5 Å². The summed E-state index contributed by atoms with van der Waals surface area (Å²) < 4.78 is 30.1. The Balaban J connectivity index is 1.66. The lowest BCUT2D eigenvalue weighted by molar-refractivity contribution is 0.574. The molecule has 4 rings (SSSR count). The monoisotopic (exact) mass is 341 g/mol. The number of nitrogens with one attached hydrogen (secondary N) is 1. The Hall–Kier alpha value is -2.18. The van der Waals surface area contributed by atoms with Gasteiger partial charge in [0.25, 0.3) is 0 Å². The van der Waals surface area contributed by atoms with Crippen LogP contribution < -0.4 is 4.72 Å². The van der Waals surface area contributed by atoms with Crippen molar-refractivity contribution in [1.82, 2.24) is 14.3 Å². The van der Waals surface area contributed by atoms with E-state index in [1.807, 2.05) is 30.3 Å². The Morgan fingerprint density at radius 2 is 1.83 bits per heavy atom. The molecule has 0 aliphatic heterocycles. The highest BCUT2D eigenvalue weighted by molar-refractivity contribution is 7.89. The van der Waals surface area contributed by atoms with Gasteiger partial charge in [-0.25, -0.2) is 18.1 Å². The molecule has 0 radical (unpaired) electrons.